The number of benzene rings is 1. The fourth-order valence-corrected chi connectivity index (χ4v) is 2.84. The van der Waals surface area contributed by atoms with Crippen molar-refractivity contribution in [2.45, 2.75) is 12.5 Å². The molecule has 1 aliphatic rings. The number of carbonyl (C=O) groups excluding carboxylic acids is 1. The fourth-order valence-electron chi connectivity index (χ4n) is 2.84. The van der Waals surface area contributed by atoms with E-state index in [2.05, 4.69) is 15.4 Å². The van der Waals surface area contributed by atoms with Crippen LogP contribution in [0.1, 0.15) is 16.8 Å². The Bertz CT molecular complexity index is 990. The zero-order valence-corrected chi connectivity index (χ0v) is 14.4. The molecule has 0 bridgehead atoms. The van der Waals surface area contributed by atoms with Crippen LogP contribution in [0.4, 0.5) is 5.82 Å². The summed E-state index contributed by atoms with van der Waals surface area (Å²) in [6.45, 7) is 1.11. The van der Waals surface area contributed by atoms with Crippen molar-refractivity contribution in [3.8, 4) is 11.6 Å². The van der Waals surface area contributed by atoms with Gasteiger partial charge in [-0.1, -0.05) is 18.2 Å². The second-order valence-electron chi connectivity index (χ2n) is 6.09. The van der Waals surface area contributed by atoms with Crippen molar-refractivity contribution in [2.75, 3.05) is 18.5 Å². The summed E-state index contributed by atoms with van der Waals surface area (Å²) < 4.78 is 12.4. The number of rotatable bonds is 5. The highest BCUT2D eigenvalue weighted by Gasteiger charge is 2.22. The molecule has 3 aromatic rings. The smallest absolute Gasteiger partial charge is 0.273 e. The van der Waals surface area contributed by atoms with E-state index in [1.54, 1.807) is 30.5 Å². The Balaban J connectivity index is 1.54. The zero-order valence-electron chi connectivity index (χ0n) is 14.4. The van der Waals surface area contributed by atoms with Crippen molar-refractivity contribution >= 4 is 11.7 Å². The molecule has 1 aliphatic heterocycles. The number of pyridine rings is 1. The first-order chi connectivity index (χ1) is 13.2. The van der Waals surface area contributed by atoms with Gasteiger partial charge in [-0.05, 0) is 24.3 Å². The van der Waals surface area contributed by atoms with Crippen molar-refractivity contribution in [1.82, 2.24) is 14.8 Å². The van der Waals surface area contributed by atoms with Gasteiger partial charge in [0.15, 0.2) is 0 Å². The molecule has 0 saturated carbocycles. The van der Waals surface area contributed by atoms with Crippen LogP contribution in [0.15, 0.2) is 59.5 Å². The summed E-state index contributed by atoms with van der Waals surface area (Å²) in [5.41, 5.74) is 0.689. The highest BCUT2D eigenvalue weighted by Crippen LogP contribution is 2.20. The Morgan fingerprint density at radius 1 is 1.26 bits per heavy atom. The molecule has 1 aromatic carbocycles. The zero-order chi connectivity index (χ0) is 18.6. The van der Waals surface area contributed by atoms with Gasteiger partial charge in [-0.2, -0.15) is 0 Å². The predicted octanol–water partition coefficient (Wildman–Crippen LogP) is 1.98. The maximum atomic E-state index is 12.7. The summed E-state index contributed by atoms with van der Waals surface area (Å²) in [6, 6.07) is 13.7. The van der Waals surface area contributed by atoms with Crippen LogP contribution in [0.5, 0.6) is 5.88 Å². The summed E-state index contributed by atoms with van der Waals surface area (Å²) >= 11 is 0. The molecule has 138 valence electrons. The third kappa shape index (κ3) is 3.75. The van der Waals surface area contributed by atoms with Crippen LogP contribution < -0.4 is 15.6 Å². The van der Waals surface area contributed by atoms with Crippen LogP contribution in [-0.4, -0.2) is 40.0 Å². The molecule has 0 radical (unpaired) electrons. The lowest BCUT2D eigenvalue weighted by atomic mass is 10.2. The Morgan fingerprint density at radius 3 is 2.89 bits per heavy atom. The lowest BCUT2D eigenvalue weighted by Gasteiger charge is -2.13. The van der Waals surface area contributed by atoms with Gasteiger partial charge in [-0.25, -0.2) is 9.67 Å². The maximum Gasteiger partial charge on any atom is 0.273 e. The fraction of sp³-hybridized carbons (Fsp3) is 0.211. The van der Waals surface area contributed by atoms with E-state index in [1.807, 2.05) is 18.2 Å². The highest BCUT2D eigenvalue weighted by molar-refractivity contribution is 6.05. The quantitative estimate of drug-likeness (QED) is 0.719. The highest BCUT2D eigenvalue weighted by atomic mass is 16.5. The lowest BCUT2D eigenvalue weighted by Crippen LogP contribution is -2.20. The molecule has 8 nitrogen and oxygen atoms in total. The summed E-state index contributed by atoms with van der Waals surface area (Å²) in [5.74, 6) is 0.113. The number of para-hydroxylation sites is 1. The van der Waals surface area contributed by atoms with Gasteiger partial charge < -0.3 is 14.8 Å². The third-order valence-electron chi connectivity index (χ3n) is 4.17. The van der Waals surface area contributed by atoms with Crippen LogP contribution >= 0.6 is 0 Å². The molecule has 2 N–H and O–H groups in total. The number of ether oxygens (including phenoxy) is 2. The minimum atomic E-state index is -0.418. The molecule has 0 unspecified atom stereocenters. The van der Waals surface area contributed by atoms with E-state index < -0.39 is 5.91 Å². The van der Waals surface area contributed by atoms with Crippen LogP contribution in [0.2, 0.25) is 0 Å². The van der Waals surface area contributed by atoms with Crippen molar-refractivity contribution in [1.29, 1.82) is 0 Å². The first-order valence-electron chi connectivity index (χ1n) is 8.59. The third-order valence-corrected chi connectivity index (χ3v) is 4.17. The van der Waals surface area contributed by atoms with E-state index in [0.717, 1.165) is 6.42 Å². The van der Waals surface area contributed by atoms with Crippen molar-refractivity contribution in [2.24, 2.45) is 0 Å². The minimum absolute atomic E-state index is 0.120. The molecule has 27 heavy (non-hydrogen) atoms. The number of aromatic amines is 1. The first kappa shape index (κ1) is 17.0. The average Bonchev–Trinajstić information content (AvgIpc) is 3.32. The summed E-state index contributed by atoms with van der Waals surface area (Å²) in [7, 11) is 0. The molecule has 1 fully saturated rings. The predicted molar refractivity (Wildman–Crippen MR) is 98.4 cm³/mol. The Hall–Kier alpha value is -3.39. The van der Waals surface area contributed by atoms with Gasteiger partial charge in [0.1, 0.15) is 17.5 Å². The second kappa shape index (κ2) is 7.46. The molecular formula is C19H18N4O4. The van der Waals surface area contributed by atoms with E-state index in [4.69, 9.17) is 9.47 Å². The number of hydrogen-bond donors (Lipinski definition) is 2. The van der Waals surface area contributed by atoms with E-state index in [9.17, 15) is 9.59 Å². The van der Waals surface area contributed by atoms with Crippen molar-refractivity contribution in [3.05, 3.63) is 70.6 Å². The van der Waals surface area contributed by atoms with Gasteiger partial charge in [-0.15, -0.1) is 0 Å². The number of hydrogen-bond acceptors (Lipinski definition) is 5. The topological polar surface area (TPSA) is 98.2 Å². The number of anilines is 1. The Labute approximate surface area is 154 Å². The normalized spacial score (nSPS) is 16.2. The largest absolute Gasteiger partial charge is 0.471 e. The van der Waals surface area contributed by atoms with Crippen LogP contribution in [0, 0.1) is 0 Å². The minimum Gasteiger partial charge on any atom is -0.471 e. The van der Waals surface area contributed by atoms with Crippen LogP contribution in [0.3, 0.4) is 0 Å². The number of nitrogens with zero attached hydrogens (tertiary/aromatic N) is 2. The Morgan fingerprint density at radius 2 is 2.11 bits per heavy atom. The van der Waals surface area contributed by atoms with Gasteiger partial charge in [0.05, 0.1) is 18.9 Å². The number of H-pyrrole nitrogens is 1. The molecule has 1 atom stereocenters. The molecule has 3 heterocycles. The standard InChI is InChI=1S/C19H18N4O4/c24-17-11-16(22-23(17)13-5-2-1-3-6-13)21-18(25)15-7-4-9-20-19(15)27-14-8-10-26-12-14/h1-7,9,11,14,22H,8,10,12H2,(H,21,25)/t14-/m0/s1. The molecule has 8 heteroatoms. The van der Waals surface area contributed by atoms with Gasteiger partial charge in [0.25, 0.3) is 11.5 Å². The van der Waals surface area contributed by atoms with Crippen LogP contribution in [0.25, 0.3) is 5.69 Å². The Kier molecular flexibility index (Phi) is 4.71. The SMILES string of the molecule is O=C(Nc1cc(=O)n(-c2ccccc2)[nH]1)c1cccnc1O[C@H]1CCOC1. The van der Waals surface area contributed by atoms with Gasteiger partial charge >= 0.3 is 0 Å². The molecule has 0 spiro atoms. The number of aromatic nitrogens is 3. The van der Waals surface area contributed by atoms with Crippen LogP contribution in [-0.2, 0) is 4.74 Å². The maximum absolute atomic E-state index is 12.7. The summed E-state index contributed by atoms with van der Waals surface area (Å²) in [5, 5.41) is 5.57. The van der Waals surface area contributed by atoms with Gasteiger partial charge in [0.2, 0.25) is 5.88 Å². The average molecular weight is 366 g/mol. The second-order valence-corrected chi connectivity index (χ2v) is 6.09. The molecule has 2 aromatic heterocycles. The molecular weight excluding hydrogens is 348 g/mol. The van der Waals surface area contributed by atoms with Crippen molar-refractivity contribution in [3.63, 3.8) is 0 Å². The van der Waals surface area contributed by atoms with E-state index >= 15 is 0 Å². The molecule has 1 saturated heterocycles. The summed E-state index contributed by atoms with van der Waals surface area (Å²) in [6.07, 6.45) is 2.20. The molecule has 0 aliphatic carbocycles. The monoisotopic (exact) mass is 366 g/mol. The molecule has 1 amide bonds. The van der Waals surface area contributed by atoms with E-state index in [-0.39, 0.29) is 28.9 Å². The van der Waals surface area contributed by atoms with E-state index in [1.165, 1.54) is 10.7 Å². The van der Waals surface area contributed by atoms with E-state index in [0.29, 0.717) is 18.9 Å². The number of amides is 1. The summed E-state index contributed by atoms with van der Waals surface area (Å²) in [4.78, 5) is 29.0. The number of nitrogens with one attached hydrogen (secondary N) is 2. The number of carbonyl (C=O) groups is 1. The first-order valence-corrected chi connectivity index (χ1v) is 8.59. The van der Waals surface area contributed by atoms with Gasteiger partial charge in [-0.3, -0.25) is 14.7 Å². The van der Waals surface area contributed by atoms with Gasteiger partial charge in [0, 0.05) is 18.7 Å². The van der Waals surface area contributed by atoms with Crippen molar-refractivity contribution < 1.29 is 14.3 Å². The lowest BCUT2D eigenvalue weighted by molar-refractivity contribution is 0.101. The molecule has 4 rings (SSSR count).